The molecule has 0 aromatic heterocycles. The van der Waals surface area contributed by atoms with Crippen LogP contribution in [0.4, 0.5) is 0 Å². The summed E-state index contributed by atoms with van der Waals surface area (Å²) in [7, 11) is 0. The second kappa shape index (κ2) is 3.95. The molecule has 0 saturated carbocycles. The topological polar surface area (TPSA) is 44.9 Å². The standard InChI is InChI=1S/C13H24N4/c1-10(2)5-13-8-16-3-4-17(9-13)7-11(6-16)12(13)15-14/h10-11H,3-9,14H2,1-2H3/b15-12-. The molecule has 4 heterocycles. The van der Waals surface area contributed by atoms with Crippen molar-refractivity contribution >= 4 is 5.71 Å². The van der Waals surface area contributed by atoms with Gasteiger partial charge in [0.25, 0.3) is 0 Å². The Morgan fingerprint density at radius 3 is 2.35 bits per heavy atom. The smallest absolute Gasteiger partial charge is 0.0519 e. The lowest BCUT2D eigenvalue weighted by atomic mass is 9.66. The highest BCUT2D eigenvalue weighted by molar-refractivity contribution is 5.94. The van der Waals surface area contributed by atoms with Crippen molar-refractivity contribution in [1.82, 2.24) is 9.80 Å². The number of rotatable bonds is 2. The highest BCUT2D eigenvalue weighted by Gasteiger charge is 2.52. The van der Waals surface area contributed by atoms with Crippen LogP contribution in [0.1, 0.15) is 20.3 Å². The van der Waals surface area contributed by atoms with Crippen molar-refractivity contribution in [3.05, 3.63) is 0 Å². The summed E-state index contributed by atoms with van der Waals surface area (Å²) in [4.78, 5) is 5.27. The highest BCUT2D eigenvalue weighted by atomic mass is 15.3. The third-order valence-corrected chi connectivity index (χ3v) is 4.61. The number of hydrogen-bond acceptors (Lipinski definition) is 4. The van der Waals surface area contributed by atoms with Gasteiger partial charge < -0.3 is 15.6 Å². The maximum atomic E-state index is 5.72. The van der Waals surface area contributed by atoms with E-state index in [1.807, 2.05) is 0 Å². The zero-order valence-corrected chi connectivity index (χ0v) is 11.0. The Morgan fingerprint density at radius 2 is 1.88 bits per heavy atom. The van der Waals surface area contributed by atoms with Crippen molar-refractivity contribution in [2.75, 3.05) is 39.3 Å². The first-order valence-corrected chi connectivity index (χ1v) is 6.86. The van der Waals surface area contributed by atoms with E-state index in [1.54, 1.807) is 0 Å². The molecule has 0 aromatic rings. The molecule has 2 N–H and O–H groups in total. The zero-order valence-electron chi connectivity index (χ0n) is 11.0. The quantitative estimate of drug-likeness (QED) is 0.564. The van der Waals surface area contributed by atoms with Gasteiger partial charge in [-0.3, -0.25) is 0 Å². The monoisotopic (exact) mass is 236 g/mol. The molecular formula is C13H24N4. The summed E-state index contributed by atoms with van der Waals surface area (Å²) >= 11 is 0. The molecule has 4 aliphatic rings. The molecule has 96 valence electrons. The minimum absolute atomic E-state index is 0.251. The summed E-state index contributed by atoms with van der Waals surface area (Å²) in [6, 6.07) is 0. The van der Waals surface area contributed by atoms with Gasteiger partial charge in [-0.15, -0.1) is 0 Å². The third kappa shape index (κ3) is 1.78. The maximum absolute atomic E-state index is 5.72. The fourth-order valence-corrected chi connectivity index (χ4v) is 4.37. The van der Waals surface area contributed by atoms with E-state index >= 15 is 0 Å². The molecule has 4 aliphatic heterocycles. The number of nitrogens with two attached hydrogens (primary N) is 1. The van der Waals surface area contributed by atoms with Crippen LogP contribution in [0.15, 0.2) is 5.10 Å². The summed E-state index contributed by atoms with van der Waals surface area (Å²) < 4.78 is 0. The molecule has 0 spiro atoms. The van der Waals surface area contributed by atoms with Gasteiger partial charge in [0.2, 0.25) is 0 Å². The summed E-state index contributed by atoms with van der Waals surface area (Å²) in [6.07, 6.45) is 1.23. The van der Waals surface area contributed by atoms with E-state index < -0.39 is 0 Å². The van der Waals surface area contributed by atoms with Crippen molar-refractivity contribution in [2.24, 2.45) is 28.2 Å². The molecular weight excluding hydrogens is 212 g/mol. The van der Waals surface area contributed by atoms with Gasteiger partial charge >= 0.3 is 0 Å². The summed E-state index contributed by atoms with van der Waals surface area (Å²) in [6.45, 7) is 11.8. The van der Waals surface area contributed by atoms with Crippen LogP contribution in [0.25, 0.3) is 0 Å². The first-order valence-electron chi connectivity index (χ1n) is 6.86. The largest absolute Gasteiger partial charge is 0.323 e. The Balaban J connectivity index is 1.98. The van der Waals surface area contributed by atoms with E-state index in [2.05, 4.69) is 28.7 Å². The predicted molar refractivity (Wildman–Crippen MR) is 69.9 cm³/mol. The van der Waals surface area contributed by atoms with Crippen LogP contribution in [-0.2, 0) is 0 Å². The number of hydrazone groups is 1. The van der Waals surface area contributed by atoms with Gasteiger partial charge in [-0.2, -0.15) is 5.10 Å². The van der Waals surface area contributed by atoms with Gasteiger partial charge in [-0.05, 0) is 12.3 Å². The van der Waals surface area contributed by atoms with E-state index in [1.165, 1.54) is 51.4 Å². The van der Waals surface area contributed by atoms with Gasteiger partial charge in [-0.25, -0.2) is 0 Å². The van der Waals surface area contributed by atoms with Crippen molar-refractivity contribution in [3.63, 3.8) is 0 Å². The van der Waals surface area contributed by atoms with Gasteiger partial charge in [0, 0.05) is 50.6 Å². The highest BCUT2D eigenvalue weighted by Crippen LogP contribution is 2.42. The zero-order chi connectivity index (χ0) is 12.0. The first kappa shape index (κ1) is 11.5. The molecule has 17 heavy (non-hydrogen) atoms. The number of nitrogens with zero attached hydrogens (tertiary/aromatic N) is 3. The molecule has 4 heteroatoms. The van der Waals surface area contributed by atoms with E-state index in [9.17, 15) is 0 Å². The van der Waals surface area contributed by atoms with Crippen molar-refractivity contribution in [2.45, 2.75) is 20.3 Å². The Kier molecular flexibility index (Phi) is 2.67. The molecule has 0 aliphatic carbocycles. The molecule has 4 saturated heterocycles. The molecule has 0 amide bonds. The van der Waals surface area contributed by atoms with E-state index in [0.717, 1.165) is 0 Å². The molecule has 2 atom stereocenters. The van der Waals surface area contributed by atoms with Crippen LogP contribution in [0.3, 0.4) is 0 Å². The first-order chi connectivity index (χ1) is 8.13. The summed E-state index contributed by atoms with van der Waals surface area (Å²) in [5.74, 6) is 7.02. The SMILES string of the molecule is CC(C)CC12CN3CCN(CC(C3)/C1=N/N)C2. The fraction of sp³-hybridized carbons (Fsp3) is 0.923. The van der Waals surface area contributed by atoms with Crippen LogP contribution in [0.2, 0.25) is 0 Å². The fourth-order valence-electron chi connectivity index (χ4n) is 4.37. The molecule has 4 fully saturated rings. The van der Waals surface area contributed by atoms with Crippen LogP contribution in [-0.4, -0.2) is 54.8 Å². The molecule has 0 aromatic carbocycles. The lowest BCUT2D eigenvalue weighted by Crippen LogP contribution is -2.62. The summed E-state index contributed by atoms with van der Waals surface area (Å²) in [5.41, 5.74) is 1.57. The van der Waals surface area contributed by atoms with Gasteiger partial charge in [0.1, 0.15) is 0 Å². The van der Waals surface area contributed by atoms with Crippen LogP contribution in [0, 0.1) is 17.3 Å². The maximum Gasteiger partial charge on any atom is 0.0519 e. The number of piperidine rings is 2. The van der Waals surface area contributed by atoms with Crippen LogP contribution >= 0.6 is 0 Å². The Bertz CT molecular complexity index is 320. The normalized spacial score (nSPS) is 46.8. The van der Waals surface area contributed by atoms with Crippen LogP contribution in [0.5, 0.6) is 0 Å². The van der Waals surface area contributed by atoms with E-state index in [4.69, 9.17) is 5.84 Å². The third-order valence-electron chi connectivity index (χ3n) is 4.61. The van der Waals surface area contributed by atoms with E-state index in [-0.39, 0.29) is 5.41 Å². The minimum Gasteiger partial charge on any atom is -0.323 e. The second-order valence-electron chi connectivity index (χ2n) is 6.56. The van der Waals surface area contributed by atoms with Gasteiger partial charge in [0.15, 0.2) is 0 Å². The molecule has 2 unspecified atom stereocenters. The lowest BCUT2D eigenvalue weighted by molar-refractivity contribution is 0.101. The molecule has 4 nitrogen and oxygen atoms in total. The average molecular weight is 236 g/mol. The van der Waals surface area contributed by atoms with Crippen molar-refractivity contribution in [1.29, 1.82) is 0 Å². The minimum atomic E-state index is 0.251. The van der Waals surface area contributed by atoms with Crippen molar-refractivity contribution < 1.29 is 0 Å². The molecule has 0 radical (unpaired) electrons. The summed E-state index contributed by atoms with van der Waals surface area (Å²) in [5, 5.41) is 4.22. The molecule has 4 rings (SSSR count). The van der Waals surface area contributed by atoms with E-state index in [0.29, 0.717) is 11.8 Å². The Hall–Kier alpha value is -0.610. The lowest BCUT2D eigenvalue weighted by Gasteiger charge is -2.51. The van der Waals surface area contributed by atoms with Gasteiger partial charge in [-0.1, -0.05) is 13.8 Å². The van der Waals surface area contributed by atoms with Crippen molar-refractivity contribution in [3.8, 4) is 0 Å². The molecule has 4 bridgehead atoms. The second-order valence-corrected chi connectivity index (χ2v) is 6.56. The number of fused-ring (bicyclic) bond motifs is 1. The number of hydrogen-bond donors (Lipinski definition) is 1. The average Bonchev–Trinajstić information content (AvgIpc) is 2.45. The Labute approximate surface area is 104 Å². The predicted octanol–water partition coefficient (Wildman–Crippen LogP) is 0.595. The van der Waals surface area contributed by atoms with Crippen LogP contribution < -0.4 is 5.84 Å². The van der Waals surface area contributed by atoms with Gasteiger partial charge in [0.05, 0.1) is 5.71 Å². The Morgan fingerprint density at radius 1 is 1.29 bits per heavy atom.